The van der Waals surface area contributed by atoms with Crippen molar-refractivity contribution in [2.45, 2.75) is 31.7 Å². The second-order valence-corrected chi connectivity index (χ2v) is 5.70. The van der Waals surface area contributed by atoms with Crippen LogP contribution in [0.5, 0.6) is 0 Å². The average molecular weight is 278 g/mol. The molecule has 0 bridgehead atoms. The third kappa shape index (κ3) is 2.32. The number of hydrogen-bond acceptors (Lipinski definition) is 2. The molecule has 1 unspecified atom stereocenters. The molecule has 1 heterocycles. The number of likely N-dealkylation sites (tertiary alicyclic amines) is 1. The van der Waals surface area contributed by atoms with Crippen molar-refractivity contribution < 1.29 is 14.7 Å². The van der Waals surface area contributed by atoms with Crippen molar-refractivity contribution in [1.82, 2.24) is 9.80 Å². The summed E-state index contributed by atoms with van der Waals surface area (Å²) in [5.74, 6) is -0.886. The van der Waals surface area contributed by atoms with Crippen LogP contribution in [-0.2, 0) is 4.79 Å². The minimum atomic E-state index is -0.886. The minimum absolute atomic E-state index is 0.185. The lowest BCUT2D eigenvalue weighted by Crippen LogP contribution is -2.70. The van der Waals surface area contributed by atoms with Crippen molar-refractivity contribution in [3.05, 3.63) is 25.3 Å². The smallest absolute Gasteiger partial charge is 0.327 e. The first-order chi connectivity index (χ1) is 9.55. The zero-order chi connectivity index (χ0) is 14.8. The Kier molecular flexibility index (Phi) is 4.16. The van der Waals surface area contributed by atoms with Gasteiger partial charge in [0.15, 0.2) is 0 Å². The first-order valence-electron chi connectivity index (χ1n) is 7.06. The summed E-state index contributed by atoms with van der Waals surface area (Å²) < 4.78 is 0. The van der Waals surface area contributed by atoms with Crippen LogP contribution in [0.3, 0.4) is 0 Å². The predicted molar refractivity (Wildman–Crippen MR) is 76.4 cm³/mol. The van der Waals surface area contributed by atoms with Gasteiger partial charge in [-0.2, -0.15) is 0 Å². The molecular weight excluding hydrogens is 256 g/mol. The highest BCUT2D eigenvalue weighted by atomic mass is 16.4. The normalized spacial score (nSPS) is 23.2. The Hall–Kier alpha value is -1.78. The minimum Gasteiger partial charge on any atom is -0.480 e. The Bertz CT molecular complexity index is 417. The summed E-state index contributed by atoms with van der Waals surface area (Å²) in [7, 11) is 0. The van der Waals surface area contributed by atoms with Gasteiger partial charge in [-0.1, -0.05) is 25.0 Å². The summed E-state index contributed by atoms with van der Waals surface area (Å²) in [5, 5.41) is 9.47. The molecule has 0 radical (unpaired) electrons. The van der Waals surface area contributed by atoms with E-state index in [-0.39, 0.29) is 11.4 Å². The monoisotopic (exact) mass is 278 g/mol. The Morgan fingerprint density at radius 3 is 2.25 bits per heavy atom. The number of rotatable bonds is 5. The summed E-state index contributed by atoms with van der Waals surface area (Å²) in [5.41, 5.74) is -0.185. The summed E-state index contributed by atoms with van der Waals surface area (Å²) in [6, 6.07) is -0.899. The van der Waals surface area contributed by atoms with Gasteiger partial charge in [0.05, 0.1) is 0 Å². The largest absolute Gasteiger partial charge is 0.480 e. The van der Waals surface area contributed by atoms with Gasteiger partial charge in [0, 0.05) is 25.0 Å². The number of carbonyl (C=O) groups excluding carboxylic acids is 1. The van der Waals surface area contributed by atoms with E-state index in [0.29, 0.717) is 19.6 Å². The highest BCUT2D eigenvalue weighted by molar-refractivity contribution is 5.86. The standard InChI is InChI=1S/C15H22N2O3/c1-3-9-16(10-4-2)14(20)17-11-15(7-5-6-8-15)12(17)13(18)19/h3-4,12H,1-2,5-11H2,(H,18,19). The van der Waals surface area contributed by atoms with E-state index in [1.807, 2.05) is 0 Å². The summed E-state index contributed by atoms with van der Waals surface area (Å²) in [4.78, 5) is 27.1. The van der Waals surface area contributed by atoms with E-state index < -0.39 is 12.0 Å². The van der Waals surface area contributed by atoms with E-state index in [4.69, 9.17) is 0 Å². The Morgan fingerprint density at radius 2 is 1.80 bits per heavy atom. The van der Waals surface area contributed by atoms with Gasteiger partial charge in [-0.3, -0.25) is 0 Å². The lowest BCUT2D eigenvalue weighted by Gasteiger charge is -2.54. The van der Waals surface area contributed by atoms with Gasteiger partial charge in [0.2, 0.25) is 0 Å². The quantitative estimate of drug-likeness (QED) is 0.783. The third-order valence-corrected chi connectivity index (χ3v) is 4.43. The summed E-state index contributed by atoms with van der Waals surface area (Å²) in [6.07, 6.45) is 7.24. The van der Waals surface area contributed by atoms with E-state index in [1.54, 1.807) is 17.1 Å². The molecule has 1 spiro atoms. The molecule has 2 aliphatic rings. The lowest BCUT2D eigenvalue weighted by atomic mass is 9.70. The third-order valence-electron chi connectivity index (χ3n) is 4.43. The maximum absolute atomic E-state index is 12.5. The second kappa shape index (κ2) is 5.69. The molecule has 2 fully saturated rings. The van der Waals surface area contributed by atoms with Crippen molar-refractivity contribution in [2.75, 3.05) is 19.6 Å². The molecule has 0 aromatic heterocycles. The van der Waals surface area contributed by atoms with Crippen molar-refractivity contribution in [3.63, 3.8) is 0 Å². The zero-order valence-electron chi connectivity index (χ0n) is 11.8. The van der Waals surface area contributed by atoms with Gasteiger partial charge in [0.1, 0.15) is 6.04 Å². The lowest BCUT2D eigenvalue weighted by molar-refractivity contribution is -0.159. The van der Waals surface area contributed by atoms with Crippen molar-refractivity contribution in [1.29, 1.82) is 0 Å². The van der Waals surface area contributed by atoms with Crippen LogP contribution in [0.4, 0.5) is 4.79 Å². The fraction of sp³-hybridized carbons (Fsp3) is 0.600. The fourth-order valence-corrected chi connectivity index (χ4v) is 3.54. The zero-order valence-corrected chi connectivity index (χ0v) is 11.8. The van der Waals surface area contributed by atoms with Crippen molar-refractivity contribution >= 4 is 12.0 Å². The number of nitrogens with zero attached hydrogens (tertiary/aromatic N) is 2. The van der Waals surface area contributed by atoms with E-state index >= 15 is 0 Å². The highest BCUT2D eigenvalue weighted by Crippen LogP contribution is 2.50. The van der Waals surface area contributed by atoms with Gasteiger partial charge in [-0.25, -0.2) is 9.59 Å². The van der Waals surface area contributed by atoms with Crippen LogP contribution < -0.4 is 0 Å². The number of amides is 2. The Morgan fingerprint density at radius 1 is 1.25 bits per heavy atom. The van der Waals surface area contributed by atoms with Gasteiger partial charge < -0.3 is 14.9 Å². The molecule has 5 nitrogen and oxygen atoms in total. The number of urea groups is 1. The molecule has 5 heteroatoms. The molecule has 1 atom stereocenters. The fourth-order valence-electron chi connectivity index (χ4n) is 3.54. The SMILES string of the molecule is C=CCN(CC=C)C(=O)N1CC2(CCCC2)C1C(=O)O. The number of hydrogen-bond donors (Lipinski definition) is 1. The molecular formula is C15H22N2O3. The first kappa shape index (κ1) is 14.6. The van der Waals surface area contributed by atoms with Gasteiger partial charge in [-0.05, 0) is 12.8 Å². The van der Waals surface area contributed by atoms with E-state index in [2.05, 4.69) is 13.2 Å². The number of aliphatic carboxylic acids is 1. The molecule has 110 valence electrons. The molecule has 2 amide bonds. The van der Waals surface area contributed by atoms with Crippen molar-refractivity contribution in [3.8, 4) is 0 Å². The first-order valence-corrected chi connectivity index (χ1v) is 7.06. The van der Waals surface area contributed by atoms with Gasteiger partial charge in [-0.15, -0.1) is 13.2 Å². The van der Waals surface area contributed by atoms with Crippen LogP contribution in [0.1, 0.15) is 25.7 Å². The maximum Gasteiger partial charge on any atom is 0.327 e. The molecule has 1 saturated carbocycles. The van der Waals surface area contributed by atoms with Gasteiger partial charge >= 0.3 is 12.0 Å². The molecule has 1 N–H and O–H groups in total. The Labute approximate surface area is 119 Å². The highest BCUT2D eigenvalue weighted by Gasteiger charge is 2.59. The van der Waals surface area contributed by atoms with E-state index in [0.717, 1.165) is 25.7 Å². The van der Waals surface area contributed by atoms with Gasteiger partial charge in [0.25, 0.3) is 0 Å². The Balaban J connectivity index is 2.12. The molecule has 1 saturated heterocycles. The molecule has 0 aromatic rings. The van der Waals surface area contributed by atoms with Crippen LogP contribution in [0.2, 0.25) is 0 Å². The molecule has 1 aliphatic carbocycles. The van der Waals surface area contributed by atoms with E-state index in [1.165, 1.54) is 4.90 Å². The summed E-state index contributed by atoms with van der Waals surface area (Å²) >= 11 is 0. The van der Waals surface area contributed by atoms with Crippen LogP contribution >= 0.6 is 0 Å². The topological polar surface area (TPSA) is 60.9 Å². The molecule has 20 heavy (non-hydrogen) atoms. The number of carboxylic acid groups (broad SMARTS) is 1. The van der Waals surface area contributed by atoms with Crippen LogP contribution in [-0.4, -0.2) is 52.6 Å². The number of carbonyl (C=O) groups is 2. The molecule has 2 rings (SSSR count). The molecule has 1 aliphatic heterocycles. The maximum atomic E-state index is 12.5. The van der Waals surface area contributed by atoms with Crippen LogP contribution in [0, 0.1) is 5.41 Å². The average Bonchev–Trinajstić information content (AvgIpc) is 2.85. The predicted octanol–water partition coefficient (Wildman–Crippen LogP) is 2.11. The number of carboxylic acids is 1. The molecule has 0 aromatic carbocycles. The van der Waals surface area contributed by atoms with Crippen LogP contribution in [0.15, 0.2) is 25.3 Å². The summed E-state index contributed by atoms with van der Waals surface area (Å²) in [6.45, 7) is 8.63. The van der Waals surface area contributed by atoms with Crippen LogP contribution in [0.25, 0.3) is 0 Å². The van der Waals surface area contributed by atoms with E-state index in [9.17, 15) is 14.7 Å². The van der Waals surface area contributed by atoms with Crippen molar-refractivity contribution in [2.24, 2.45) is 5.41 Å². The second-order valence-electron chi connectivity index (χ2n) is 5.70.